The number of nitrogens with zero attached hydrogens (tertiary/aromatic N) is 3. The van der Waals surface area contributed by atoms with Crippen LogP contribution in [-0.2, 0) is 35.5 Å². The lowest BCUT2D eigenvalue weighted by molar-refractivity contribution is -0.148. The van der Waals surface area contributed by atoms with Crippen molar-refractivity contribution >= 4 is 23.4 Å². The Morgan fingerprint density at radius 2 is 1.68 bits per heavy atom. The zero-order chi connectivity index (χ0) is 23.5. The van der Waals surface area contributed by atoms with Crippen molar-refractivity contribution < 1.29 is 9.59 Å². The Balaban J connectivity index is 1.34. The molecule has 6 heteroatoms. The van der Waals surface area contributed by atoms with Gasteiger partial charge in [0.15, 0.2) is 0 Å². The van der Waals surface area contributed by atoms with E-state index >= 15 is 0 Å². The molecule has 0 unspecified atom stereocenters. The zero-order valence-electron chi connectivity index (χ0n) is 19.1. The average molecular weight is 474 g/mol. The van der Waals surface area contributed by atoms with Crippen molar-refractivity contribution in [3.8, 4) is 0 Å². The average Bonchev–Trinajstić information content (AvgIpc) is 2.96. The van der Waals surface area contributed by atoms with Gasteiger partial charge >= 0.3 is 0 Å². The largest absolute Gasteiger partial charge is 0.342 e. The minimum atomic E-state index is -0.480. The fourth-order valence-electron chi connectivity index (χ4n) is 5.24. The van der Waals surface area contributed by atoms with Crippen molar-refractivity contribution in [2.75, 3.05) is 13.1 Å². The number of carbonyl (C=O) groups is 2. The van der Waals surface area contributed by atoms with E-state index in [0.29, 0.717) is 50.5 Å². The number of amides is 2. The summed E-state index contributed by atoms with van der Waals surface area (Å²) in [7, 11) is 0. The van der Waals surface area contributed by atoms with Gasteiger partial charge in [-0.05, 0) is 59.7 Å². The molecule has 0 bridgehead atoms. The Morgan fingerprint density at radius 3 is 2.38 bits per heavy atom. The van der Waals surface area contributed by atoms with E-state index in [2.05, 4.69) is 23.2 Å². The van der Waals surface area contributed by atoms with Gasteiger partial charge in [-0.15, -0.1) is 0 Å². The third-order valence-electron chi connectivity index (χ3n) is 7.19. The van der Waals surface area contributed by atoms with Gasteiger partial charge < -0.3 is 9.80 Å². The summed E-state index contributed by atoms with van der Waals surface area (Å²) in [5.74, 6) is 0.295. The number of hydrogen-bond acceptors (Lipinski definition) is 3. The molecular formula is C28H28ClN3O2. The number of likely N-dealkylation sites (tertiary alicyclic amines) is 1. The molecule has 1 aromatic heterocycles. The lowest BCUT2D eigenvalue weighted by Gasteiger charge is -2.42. The molecule has 1 spiro atoms. The second kappa shape index (κ2) is 9.59. The number of aromatic nitrogens is 1. The van der Waals surface area contributed by atoms with E-state index in [1.165, 1.54) is 11.1 Å². The molecule has 3 aromatic rings. The van der Waals surface area contributed by atoms with Gasteiger partial charge in [-0.3, -0.25) is 14.6 Å². The number of benzene rings is 2. The van der Waals surface area contributed by atoms with E-state index in [-0.39, 0.29) is 11.8 Å². The molecular weight excluding hydrogens is 446 g/mol. The number of carbonyl (C=O) groups excluding carboxylic acids is 2. The lowest BCUT2D eigenvalue weighted by Crippen LogP contribution is -2.51. The molecule has 0 aliphatic carbocycles. The quantitative estimate of drug-likeness (QED) is 0.553. The summed E-state index contributed by atoms with van der Waals surface area (Å²) in [5, 5.41) is 0.666. The van der Waals surface area contributed by atoms with Crippen LogP contribution in [0.25, 0.3) is 0 Å². The van der Waals surface area contributed by atoms with Gasteiger partial charge in [0, 0.05) is 43.6 Å². The number of rotatable bonds is 4. The fraction of sp³-hybridized carbons (Fsp3) is 0.321. The van der Waals surface area contributed by atoms with E-state index in [1.54, 1.807) is 6.20 Å². The number of fused-ring (bicyclic) bond motifs is 1. The van der Waals surface area contributed by atoms with Crippen LogP contribution in [0.15, 0.2) is 73.1 Å². The highest BCUT2D eigenvalue weighted by Crippen LogP contribution is 2.41. The van der Waals surface area contributed by atoms with Crippen LogP contribution in [0.3, 0.4) is 0 Å². The van der Waals surface area contributed by atoms with Crippen LogP contribution in [0.1, 0.15) is 35.1 Å². The minimum absolute atomic E-state index is 0.103. The molecule has 2 amide bonds. The summed E-state index contributed by atoms with van der Waals surface area (Å²) in [6.45, 7) is 2.34. The molecule has 0 atom stereocenters. The van der Waals surface area contributed by atoms with Crippen LogP contribution >= 0.6 is 11.6 Å². The summed E-state index contributed by atoms with van der Waals surface area (Å²) in [6, 6.07) is 19.7. The number of halogens is 1. The first-order chi connectivity index (χ1) is 16.5. The molecule has 2 aliphatic rings. The molecule has 1 fully saturated rings. The number of piperidine rings is 1. The van der Waals surface area contributed by atoms with E-state index in [4.69, 9.17) is 11.6 Å². The SMILES string of the molecule is O=C(Cc1ccc(Cl)cc1)N1CCC2(CC1)Cc1ccccc1CN(Cc1cccnc1)C2=O. The Bertz CT molecular complexity index is 1170. The number of hydrogen-bond donors (Lipinski definition) is 0. The second-order valence-corrected chi connectivity index (χ2v) is 9.87. The first kappa shape index (κ1) is 22.6. The van der Waals surface area contributed by atoms with Gasteiger partial charge in [0.1, 0.15) is 0 Å². The highest BCUT2D eigenvalue weighted by atomic mass is 35.5. The Morgan fingerprint density at radius 1 is 0.941 bits per heavy atom. The smallest absolute Gasteiger partial charge is 0.229 e. The third kappa shape index (κ3) is 4.71. The van der Waals surface area contributed by atoms with E-state index in [9.17, 15) is 9.59 Å². The van der Waals surface area contributed by atoms with Gasteiger partial charge in [0.25, 0.3) is 0 Å². The van der Waals surface area contributed by atoms with Crippen LogP contribution in [0.5, 0.6) is 0 Å². The zero-order valence-corrected chi connectivity index (χ0v) is 19.9. The van der Waals surface area contributed by atoms with Crippen molar-refractivity contribution in [2.45, 2.75) is 38.8 Å². The predicted molar refractivity (Wildman–Crippen MR) is 132 cm³/mol. The van der Waals surface area contributed by atoms with Gasteiger partial charge in [0.05, 0.1) is 11.8 Å². The normalized spacial score (nSPS) is 17.4. The van der Waals surface area contributed by atoms with E-state index < -0.39 is 5.41 Å². The standard InChI is InChI=1S/C28H28ClN3O2/c29-25-9-7-21(8-10-25)16-26(33)31-14-11-28(12-15-31)17-23-5-1-2-6-24(23)20-32(27(28)34)19-22-4-3-13-30-18-22/h1-10,13,18H,11-12,14-17,19-20H2. The maximum Gasteiger partial charge on any atom is 0.229 e. The Labute approximate surface area is 205 Å². The highest BCUT2D eigenvalue weighted by Gasteiger charge is 2.46. The van der Waals surface area contributed by atoms with Gasteiger partial charge in [0.2, 0.25) is 11.8 Å². The molecule has 1 saturated heterocycles. The molecule has 3 heterocycles. The summed E-state index contributed by atoms with van der Waals surface area (Å²) in [6.07, 6.45) is 6.01. The Hall–Kier alpha value is -3.18. The first-order valence-electron chi connectivity index (χ1n) is 11.8. The third-order valence-corrected chi connectivity index (χ3v) is 7.44. The molecule has 0 radical (unpaired) electrons. The highest BCUT2D eigenvalue weighted by molar-refractivity contribution is 6.30. The first-order valence-corrected chi connectivity index (χ1v) is 12.2. The van der Waals surface area contributed by atoms with Crippen molar-refractivity contribution in [3.05, 3.63) is 100 Å². The van der Waals surface area contributed by atoms with Gasteiger partial charge in [-0.2, -0.15) is 0 Å². The van der Waals surface area contributed by atoms with Crippen molar-refractivity contribution in [1.29, 1.82) is 0 Å². The van der Waals surface area contributed by atoms with Crippen LogP contribution in [0.4, 0.5) is 0 Å². The fourth-order valence-corrected chi connectivity index (χ4v) is 5.37. The topological polar surface area (TPSA) is 53.5 Å². The molecule has 0 saturated carbocycles. The lowest BCUT2D eigenvalue weighted by atomic mass is 9.72. The van der Waals surface area contributed by atoms with Crippen molar-refractivity contribution in [3.63, 3.8) is 0 Å². The molecule has 174 valence electrons. The maximum atomic E-state index is 14.0. The van der Waals surface area contributed by atoms with Crippen LogP contribution < -0.4 is 0 Å². The van der Waals surface area contributed by atoms with Gasteiger partial charge in [-0.25, -0.2) is 0 Å². The van der Waals surface area contributed by atoms with Crippen molar-refractivity contribution in [2.24, 2.45) is 5.41 Å². The summed E-state index contributed by atoms with van der Waals surface area (Å²) >= 11 is 5.97. The Kier molecular flexibility index (Phi) is 6.38. The maximum absolute atomic E-state index is 14.0. The van der Waals surface area contributed by atoms with Crippen LogP contribution in [0.2, 0.25) is 5.02 Å². The molecule has 2 aromatic carbocycles. The van der Waals surface area contributed by atoms with Crippen LogP contribution in [0, 0.1) is 5.41 Å². The summed E-state index contributed by atoms with van der Waals surface area (Å²) < 4.78 is 0. The van der Waals surface area contributed by atoms with Crippen LogP contribution in [-0.4, -0.2) is 39.7 Å². The summed E-state index contributed by atoms with van der Waals surface area (Å²) in [5.41, 5.74) is 3.95. The molecule has 2 aliphatic heterocycles. The molecule has 0 N–H and O–H groups in total. The number of pyridine rings is 1. The van der Waals surface area contributed by atoms with E-state index in [0.717, 1.165) is 17.5 Å². The minimum Gasteiger partial charge on any atom is -0.342 e. The predicted octanol–water partition coefficient (Wildman–Crippen LogP) is 4.67. The second-order valence-electron chi connectivity index (χ2n) is 9.43. The summed E-state index contributed by atoms with van der Waals surface area (Å²) in [4.78, 5) is 35.1. The molecule has 34 heavy (non-hydrogen) atoms. The van der Waals surface area contributed by atoms with Crippen molar-refractivity contribution in [1.82, 2.24) is 14.8 Å². The van der Waals surface area contributed by atoms with Gasteiger partial charge in [-0.1, -0.05) is 54.1 Å². The van der Waals surface area contributed by atoms with E-state index in [1.807, 2.05) is 58.5 Å². The molecule has 5 rings (SSSR count). The molecule has 5 nitrogen and oxygen atoms in total. The monoisotopic (exact) mass is 473 g/mol.